The topological polar surface area (TPSA) is 288 Å². The van der Waals surface area contributed by atoms with Gasteiger partial charge in [-0.2, -0.15) is 0 Å². The van der Waals surface area contributed by atoms with Gasteiger partial charge in [-0.15, -0.1) is 0 Å². The fourth-order valence-electron chi connectivity index (χ4n) is 15.7. The number of aliphatic hydroxyl groups is 6. The van der Waals surface area contributed by atoms with E-state index in [-0.39, 0.29) is 138 Å². The molecule has 24 nitrogen and oxygen atoms in total. The molecule has 0 aromatic rings. The molecule has 0 fully saturated rings. The lowest BCUT2D eigenvalue weighted by molar-refractivity contribution is -0.115. The van der Waals surface area contributed by atoms with Crippen LogP contribution in [0, 0.1) is 39.9 Å². The highest BCUT2D eigenvalue weighted by Gasteiger charge is 2.52. The summed E-state index contributed by atoms with van der Waals surface area (Å²) >= 11 is 0. The zero-order chi connectivity index (χ0) is 101. The van der Waals surface area contributed by atoms with E-state index in [1.807, 2.05) is 13.8 Å². The lowest BCUT2D eigenvalue weighted by atomic mass is 9.92. The van der Waals surface area contributed by atoms with E-state index in [1.165, 1.54) is 0 Å². The average molecular weight is 2120 g/mol. The van der Waals surface area contributed by atoms with Crippen molar-refractivity contribution in [1.29, 1.82) is 0 Å². The molecule has 0 radical (unpaired) electrons. The highest BCUT2D eigenvalue weighted by atomic mass is 28.5. The van der Waals surface area contributed by atoms with E-state index in [0.29, 0.717) is 13.2 Å². The van der Waals surface area contributed by atoms with Crippen molar-refractivity contribution in [2.45, 2.75) is 417 Å². The molecule has 0 amide bonds. The third kappa shape index (κ3) is 63.5. The van der Waals surface area contributed by atoms with E-state index in [9.17, 15) is 30.6 Å². The van der Waals surface area contributed by atoms with Crippen LogP contribution in [0.2, 0.25) is 310 Å². The molecule has 0 aromatic carbocycles. The molecule has 127 heavy (non-hydrogen) atoms. The monoisotopic (exact) mass is 2120 g/mol. The Balaban J connectivity index is -0.00000182. The predicted molar refractivity (Wildman–Crippen MR) is 580 cm³/mol. The molecule has 0 aliphatic heterocycles. The van der Waals surface area contributed by atoms with Crippen LogP contribution in [0.5, 0.6) is 0 Å². The minimum atomic E-state index is -2.48. The van der Waals surface area contributed by atoms with Crippen LogP contribution < -0.4 is 0 Å². The number of aliphatic hydroxyl groups excluding tert-OH is 6. The summed E-state index contributed by atoms with van der Waals surface area (Å²) in [6, 6.07) is 3.37. The maximum atomic E-state index is 10.4. The Bertz CT molecular complexity index is 2680. The SMILES string of the molecule is CC(CC[Si](C)(O[Si](C)(C)C)O[Si](C)(C)C)OCC(CO)(CO)COC(C)CC[Si](C)(O[Si](C)(C)C)O[Si](C)(C)C.CC(COCC(CO)(CO)COCC(C)C(C)[Si](C)(O[Si](C)(C)C)O[Si](C)(C)C)C(C)[Si](C)(O[Si](C)(C)C)O[Si](C)(C)C.CC(C[Si](C)(O[Si](C)(C)C)O[Si](C)(C)C)C(C)OCC(CO)(CO)COC(C)C(C)C[Si](C)(O[Si](C)(C)C)O[Si](C)(C)C. The van der Waals surface area contributed by atoms with Crippen molar-refractivity contribution in [3.05, 3.63) is 0 Å². The molecule has 0 aliphatic carbocycles. The lowest BCUT2D eigenvalue weighted by Crippen LogP contribution is -2.56. The van der Waals surface area contributed by atoms with Gasteiger partial charge in [-0.3, -0.25) is 0 Å². The van der Waals surface area contributed by atoms with Gasteiger partial charge in [0.1, 0.15) is 0 Å². The number of ether oxygens (including phenoxy) is 6. The smallest absolute Gasteiger partial charge is 0.317 e. The molecular formula is C85H212O24Si18. The summed E-state index contributed by atoms with van der Waals surface area (Å²) in [5, 5.41) is 62.0. The molecule has 0 saturated heterocycles. The Kier molecular flexibility index (Phi) is 57.4. The van der Waals surface area contributed by atoms with Crippen molar-refractivity contribution in [3.8, 4) is 0 Å². The maximum absolute atomic E-state index is 10.4. The minimum Gasteiger partial charge on any atom is -0.437 e. The summed E-state index contributed by atoms with van der Waals surface area (Å²) in [5.74, 6) is 0.780. The van der Waals surface area contributed by atoms with Gasteiger partial charge in [0.05, 0.1) is 120 Å². The van der Waals surface area contributed by atoms with E-state index < -0.39 is 167 Å². The molecule has 0 rings (SSSR count). The quantitative estimate of drug-likeness (QED) is 0.0309. The molecular weight excluding hydrogens is 1910 g/mol. The molecule has 0 bridgehead atoms. The Morgan fingerprint density at radius 3 is 0.567 bits per heavy atom. The van der Waals surface area contributed by atoms with E-state index in [0.717, 1.165) is 37.0 Å². The fraction of sp³-hybridized carbons (Fsp3) is 1.00. The summed E-state index contributed by atoms with van der Waals surface area (Å²) in [4.78, 5) is 0. The van der Waals surface area contributed by atoms with Crippen molar-refractivity contribution >= 4 is 151 Å². The maximum Gasteiger partial charge on any atom is 0.317 e. The molecule has 768 valence electrons. The molecule has 0 aliphatic rings. The second kappa shape index (κ2) is 54.4. The number of hydrogen-bond donors (Lipinski definition) is 6. The molecule has 0 spiro atoms. The minimum absolute atomic E-state index is 0.0590. The fourth-order valence-corrected chi connectivity index (χ4v) is 93.0. The zero-order valence-electron chi connectivity index (χ0n) is 92.4. The summed E-state index contributed by atoms with van der Waals surface area (Å²) in [6.45, 7) is 115. The van der Waals surface area contributed by atoms with Crippen LogP contribution in [0.15, 0.2) is 0 Å². The lowest BCUT2D eigenvalue weighted by Gasteiger charge is -2.44. The number of hydrogen-bond acceptors (Lipinski definition) is 24. The molecule has 6 N–H and O–H groups in total. The van der Waals surface area contributed by atoms with Crippen LogP contribution in [0.25, 0.3) is 0 Å². The largest absolute Gasteiger partial charge is 0.437 e. The van der Waals surface area contributed by atoms with Gasteiger partial charge in [0.25, 0.3) is 0 Å². The van der Waals surface area contributed by atoms with Gasteiger partial charge in [-0.1, -0.05) is 41.5 Å². The van der Waals surface area contributed by atoms with Crippen LogP contribution in [0.3, 0.4) is 0 Å². The van der Waals surface area contributed by atoms with Crippen LogP contribution in [-0.4, -0.2) is 299 Å². The Hall–Kier alpha value is 2.94. The number of rotatable bonds is 66. The normalized spacial score (nSPS) is 17.1. The summed E-state index contributed by atoms with van der Waals surface area (Å²) < 4.78 is 118. The van der Waals surface area contributed by atoms with E-state index in [4.69, 9.17) is 77.8 Å². The zero-order valence-corrected chi connectivity index (χ0v) is 110. The van der Waals surface area contributed by atoms with Crippen molar-refractivity contribution in [3.63, 3.8) is 0 Å². The Labute approximate surface area is 802 Å². The van der Waals surface area contributed by atoms with Crippen LogP contribution >= 0.6 is 0 Å². The van der Waals surface area contributed by atoms with Gasteiger partial charge in [-0.25, -0.2) is 0 Å². The molecule has 10 atom stereocenters. The van der Waals surface area contributed by atoms with E-state index in [2.05, 4.69) is 330 Å². The van der Waals surface area contributed by atoms with Gasteiger partial charge in [0, 0.05) is 24.3 Å². The second-order valence-electron chi connectivity index (χ2n) is 50.9. The molecule has 42 heteroatoms. The van der Waals surface area contributed by atoms with Gasteiger partial charge >= 0.3 is 51.4 Å². The summed E-state index contributed by atoms with van der Waals surface area (Å²) in [7, 11) is -36.0. The van der Waals surface area contributed by atoms with Crippen LogP contribution in [0.1, 0.15) is 82.1 Å². The summed E-state index contributed by atoms with van der Waals surface area (Å²) in [6.07, 6.45) is 1.30. The first-order chi connectivity index (χ1) is 56.2. The molecule has 0 saturated carbocycles. The van der Waals surface area contributed by atoms with Gasteiger partial charge in [-0.05, 0) is 363 Å². The second-order valence-corrected chi connectivity index (χ2v) is 128. The third-order valence-corrected chi connectivity index (χ3v) is 80.1. The van der Waals surface area contributed by atoms with Crippen molar-refractivity contribution in [2.75, 3.05) is 92.5 Å². The van der Waals surface area contributed by atoms with Crippen molar-refractivity contribution in [2.24, 2.45) is 39.9 Å². The van der Waals surface area contributed by atoms with E-state index in [1.54, 1.807) is 0 Å². The Morgan fingerprint density at radius 2 is 0.386 bits per heavy atom. The first-order valence-corrected chi connectivity index (χ1v) is 104. The van der Waals surface area contributed by atoms with Gasteiger partial charge in [0.2, 0.25) is 0 Å². The first kappa shape index (κ1) is 134. The van der Waals surface area contributed by atoms with E-state index >= 15 is 0 Å². The molecule has 10 unspecified atom stereocenters. The standard InChI is InChI=1S/2C29H72O8Si6.C27H68O8Si6/c1-25(19-42(17,34-38(5,6)7)35-39(8,9)10)27(3)32-23-29(21-30,22-31)24-33-28(4)26(2)20-43(18,36-40(11,12)13)37-41(14,15)16;1-25(27(3)42(17,34-38(5,6)7)35-39(8,9)10)19-32-23-29(21-30,22-31)24-33-20-26(2)28(4)43(18,36-40(11,12)13)37-41(14,15)16;1-25(17-19-40(15,32-36(3,4)5)33-37(6,7)8)30-23-27(21-28,22-29)24-31-26(2)18-20-41(16,34-38(9,10)11)35-39(12,13)14/h2*25-28,30-31H,19-24H2,1-18H3;25-26,28-29H,17-24H2,1-16H3. The van der Waals surface area contributed by atoms with Gasteiger partial charge < -0.3 is 108 Å². The van der Waals surface area contributed by atoms with Crippen LogP contribution in [0.4, 0.5) is 0 Å². The molecule has 0 heterocycles. The van der Waals surface area contributed by atoms with Crippen LogP contribution in [-0.2, 0) is 77.8 Å². The first-order valence-electron chi connectivity index (χ1n) is 47.8. The third-order valence-electron chi connectivity index (χ3n) is 20.8. The highest BCUT2D eigenvalue weighted by Crippen LogP contribution is 2.41. The van der Waals surface area contributed by atoms with Crippen molar-refractivity contribution < 1.29 is 108 Å². The van der Waals surface area contributed by atoms with Crippen molar-refractivity contribution in [1.82, 2.24) is 0 Å². The average Bonchev–Trinajstić information content (AvgIpc) is 0.866. The molecule has 0 aromatic heterocycles. The summed E-state index contributed by atoms with van der Waals surface area (Å²) in [5.41, 5.74) is -2.19. The highest BCUT2D eigenvalue weighted by molar-refractivity contribution is 6.92. The predicted octanol–water partition coefficient (Wildman–Crippen LogP) is 22.3. The Morgan fingerprint density at radius 1 is 0.213 bits per heavy atom. The van der Waals surface area contributed by atoms with Gasteiger partial charge in [0.15, 0.2) is 99.8 Å².